The van der Waals surface area contributed by atoms with E-state index in [0.717, 1.165) is 37.7 Å². The number of hydrogen-bond acceptors (Lipinski definition) is 5. The van der Waals surface area contributed by atoms with Crippen LogP contribution in [0.15, 0.2) is 53.9 Å². The molecule has 0 aliphatic rings. The predicted octanol–water partition coefficient (Wildman–Crippen LogP) is 6.06. The second kappa shape index (κ2) is 7.66. The minimum atomic E-state index is -0.144. The summed E-state index contributed by atoms with van der Waals surface area (Å²) in [6.45, 7) is 6.02. The van der Waals surface area contributed by atoms with Gasteiger partial charge in [-0.2, -0.15) is 0 Å². The molecule has 2 heterocycles. The van der Waals surface area contributed by atoms with Crippen molar-refractivity contribution >= 4 is 55.7 Å². The Morgan fingerprint density at radius 1 is 1.04 bits per heavy atom. The number of amides is 1. The van der Waals surface area contributed by atoms with Crippen molar-refractivity contribution in [2.75, 3.05) is 4.90 Å². The number of rotatable bonds is 4. The summed E-state index contributed by atoms with van der Waals surface area (Å²) in [5, 5.41) is 3.58. The van der Waals surface area contributed by atoms with Crippen LogP contribution < -0.4 is 4.90 Å². The van der Waals surface area contributed by atoms with E-state index in [9.17, 15) is 4.79 Å². The molecule has 0 saturated heterocycles. The minimum absolute atomic E-state index is 0.144. The van der Waals surface area contributed by atoms with Gasteiger partial charge in [-0.1, -0.05) is 29.5 Å². The molecule has 140 valence electrons. The molecule has 4 aromatic rings. The zero-order chi connectivity index (χ0) is 19.7. The van der Waals surface area contributed by atoms with Crippen LogP contribution in [0.5, 0.6) is 0 Å². The summed E-state index contributed by atoms with van der Waals surface area (Å²) < 4.78 is 1.05. The van der Waals surface area contributed by atoms with E-state index in [1.165, 1.54) is 11.3 Å². The van der Waals surface area contributed by atoms with E-state index in [2.05, 4.69) is 11.1 Å². The molecule has 0 unspecified atom stereocenters. The normalized spacial score (nSPS) is 11.4. The van der Waals surface area contributed by atoms with Crippen molar-refractivity contribution in [3.05, 3.63) is 75.7 Å². The summed E-state index contributed by atoms with van der Waals surface area (Å²) in [6.07, 6.45) is 3.33. The standard InChI is InChI=1S/C22H19N3OS2/c1-14-10-15(2)12-18(11-14)25(21(26)9-8-17-13-27-16(3)23-17)22-24-19-6-4-5-7-20(19)28-22/h4-13H,1-3H3/b9-8+. The molecule has 4 rings (SSSR count). The number of benzene rings is 2. The van der Waals surface area contributed by atoms with Gasteiger partial charge in [0, 0.05) is 11.5 Å². The van der Waals surface area contributed by atoms with Crippen LogP contribution in [-0.4, -0.2) is 15.9 Å². The molecule has 2 aromatic carbocycles. The van der Waals surface area contributed by atoms with Gasteiger partial charge in [-0.3, -0.25) is 9.69 Å². The summed E-state index contributed by atoms with van der Waals surface area (Å²) >= 11 is 3.08. The second-order valence-electron chi connectivity index (χ2n) is 6.61. The Bertz CT molecular complexity index is 1140. The van der Waals surface area contributed by atoms with Gasteiger partial charge in [0.2, 0.25) is 0 Å². The lowest BCUT2D eigenvalue weighted by Crippen LogP contribution is -2.23. The van der Waals surface area contributed by atoms with Crippen LogP contribution in [0.25, 0.3) is 16.3 Å². The van der Waals surface area contributed by atoms with Gasteiger partial charge in [0.15, 0.2) is 5.13 Å². The third-order valence-electron chi connectivity index (χ3n) is 4.19. The molecule has 0 fully saturated rings. The van der Waals surface area contributed by atoms with Gasteiger partial charge < -0.3 is 0 Å². The maximum atomic E-state index is 13.2. The highest BCUT2D eigenvalue weighted by molar-refractivity contribution is 7.22. The van der Waals surface area contributed by atoms with Crippen molar-refractivity contribution in [2.45, 2.75) is 20.8 Å². The number of fused-ring (bicyclic) bond motifs is 1. The number of nitrogens with zero attached hydrogens (tertiary/aromatic N) is 3. The third kappa shape index (κ3) is 3.88. The number of carbonyl (C=O) groups excluding carboxylic acids is 1. The van der Waals surface area contributed by atoms with Crippen molar-refractivity contribution in [1.29, 1.82) is 0 Å². The second-order valence-corrected chi connectivity index (χ2v) is 8.68. The zero-order valence-electron chi connectivity index (χ0n) is 15.8. The van der Waals surface area contributed by atoms with Crippen molar-refractivity contribution in [1.82, 2.24) is 9.97 Å². The van der Waals surface area contributed by atoms with Crippen molar-refractivity contribution in [3.63, 3.8) is 0 Å². The van der Waals surface area contributed by atoms with Crippen LogP contribution in [0.1, 0.15) is 21.8 Å². The van der Waals surface area contributed by atoms with Crippen LogP contribution in [0.2, 0.25) is 0 Å². The smallest absolute Gasteiger partial charge is 0.257 e. The van der Waals surface area contributed by atoms with Gasteiger partial charge in [0.25, 0.3) is 5.91 Å². The Morgan fingerprint density at radius 3 is 2.46 bits per heavy atom. The van der Waals surface area contributed by atoms with Gasteiger partial charge in [-0.05, 0) is 62.2 Å². The molecule has 28 heavy (non-hydrogen) atoms. The van der Waals surface area contributed by atoms with Crippen LogP contribution in [0.4, 0.5) is 10.8 Å². The van der Waals surface area contributed by atoms with E-state index in [1.807, 2.05) is 62.5 Å². The lowest BCUT2D eigenvalue weighted by molar-refractivity contribution is -0.113. The molecule has 0 bridgehead atoms. The molecule has 0 N–H and O–H groups in total. The Balaban J connectivity index is 1.78. The first kappa shape index (κ1) is 18.5. The van der Waals surface area contributed by atoms with E-state index in [4.69, 9.17) is 4.98 Å². The lowest BCUT2D eigenvalue weighted by atomic mass is 10.1. The van der Waals surface area contributed by atoms with Gasteiger partial charge in [0.05, 0.1) is 26.6 Å². The molecular formula is C22H19N3OS2. The summed E-state index contributed by atoms with van der Waals surface area (Å²) in [5.41, 5.74) is 4.71. The number of hydrogen-bond donors (Lipinski definition) is 0. The van der Waals surface area contributed by atoms with E-state index >= 15 is 0 Å². The summed E-state index contributed by atoms with van der Waals surface area (Å²) in [5.74, 6) is -0.144. The first-order valence-electron chi connectivity index (χ1n) is 8.88. The maximum absolute atomic E-state index is 13.2. The number of thiazole rings is 2. The van der Waals surface area contributed by atoms with Crippen LogP contribution in [0, 0.1) is 20.8 Å². The molecule has 0 radical (unpaired) electrons. The molecule has 0 aliphatic heterocycles. The van der Waals surface area contributed by atoms with Crippen molar-refractivity contribution in [3.8, 4) is 0 Å². The molecular weight excluding hydrogens is 386 g/mol. The quantitative estimate of drug-likeness (QED) is 0.388. The molecule has 6 heteroatoms. The average molecular weight is 406 g/mol. The number of aryl methyl sites for hydroxylation is 3. The average Bonchev–Trinajstić information content (AvgIpc) is 3.25. The van der Waals surface area contributed by atoms with Crippen molar-refractivity contribution < 1.29 is 4.79 Å². The van der Waals surface area contributed by atoms with Gasteiger partial charge >= 0.3 is 0 Å². The van der Waals surface area contributed by atoms with E-state index in [-0.39, 0.29) is 5.91 Å². The highest BCUT2D eigenvalue weighted by atomic mass is 32.1. The van der Waals surface area contributed by atoms with Gasteiger partial charge in [0.1, 0.15) is 0 Å². The zero-order valence-corrected chi connectivity index (χ0v) is 17.5. The molecule has 4 nitrogen and oxygen atoms in total. The topological polar surface area (TPSA) is 46.1 Å². The SMILES string of the molecule is Cc1cc(C)cc(N(C(=O)/C=C/c2csc(C)n2)c2nc3ccccc3s2)c1. The van der Waals surface area contributed by atoms with Gasteiger partial charge in [-0.15, -0.1) is 11.3 Å². The number of para-hydroxylation sites is 1. The Kier molecular flexibility index (Phi) is 5.07. The summed E-state index contributed by atoms with van der Waals surface area (Å²) in [4.78, 5) is 24.0. The monoisotopic (exact) mass is 405 g/mol. The van der Waals surface area contributed by atoms with Crippen LogP contribution in [-0.2, 0) is 4.79 Å². The molecule has 0 atom stereocenters. The molecule has 0 aliphatic carbocycles. The maximum Gasteiger partial charge on any atom is 0.257 e. The van der Waals surface area contributed by atoms with E-state index in [1.54, 1.807) is 28.4 Å². The first-order chi connectivity index (χ1) is 13.5. The number of carbonyl (C=O) groups is 1. The Hall–Kier alpha value is -2.83. The van der Waals surface area contributed by atoms with Crippen LogP contribution in [0.3, 0.4) is 0 Å². The largest absolute Gasteiger partial charge is 0.269 e. The number of anilines is 2. The summed E-state index contributed by atoms with van der Waals surface area (Å²) in [7, 11) is 0. The van der Waals surface area contributed by atoms with Crippen LogP contribution >= 0.6 is 22.7 Å². The fourth-order valence-corrected chi connectivity index (χ4v) is 4.63. The molecule has 0 saturated carbocycles. The van der Waals surface area contributed by atoms with Crippen molar-refractivity contribution in [2.24, 2.45) is 0 Å². The molecule has 1 amide bonds. The fraction of sp³-hybridized carbons (Fsp3) is 0.136. The first-order valence-corrected chi connectivity index (χ1v) is 10.6. The molecule has 2 aromatic heterocycles. The predicted molar refractivity (Wildman–Crippen MR) is 119 cm³/mol. The lowest BCUT2D eigenvalue weighted by Gasteiger charge is -2.19. The van der Waals surface area contributed by atoms with E-state index in [0.29, 0.717) is 5.13 Å². The van der Waals surface area contributed by atoms with Gasteiger partial charge in [-0.25, -0.2) is 9.97 Å². The highest BCUT2D eigenvalue weighted by Crippen LogP contribution is 2.34. The third-order valence-corrected chi connectivity index (χ3v) is 6.01. The summed E-state index contributed by atoms with van der Waals surface area (Å²) in [6, 6.07) is 14.0. The Morgan fingerprint density at radius 2 is 1.79 bits per heavy atom. The minimum Gasteiger partial charge on any atom is -0.269 e. The molecule has 0 spiro atoms. The fourth-order valence-electron chi connectivity index (χ4n) is 3.06. The number of aromatic nitrogens is 2. The Labute approximate surface area is 171 Å². The van der Waals surface area contributed by atoms with E-state index < -0.39 is 0 Å². The highest BCUT2D eigenvalue weighted by Gasteiger charge is 2.20.